The number of hydrogen-bond donors (Lipinski definition) is 3. The highest BCUT2D eigenvalue weighted by atomic mass is 35.5. The summed E-state index contributed by atoms with van der Waals surface area (Å²) in [7, 11) is 0. The van der Waals surface area contributed by atoms with Gasteiger partial charge in [0.25, 0.3) is 0 Å². The average Bonchev–Trinajstić information content (AvgIpc) is 2.59. The second-order valence-corrected chi connectivity index (χ2v) is 8.03. The number of benzene rings is 1. The number of carboxylic acids is 1. The molecule has 0 saturated heterocycles. The van der Waals surface area contributed by atoms with Gasteiger partial charge in [0.1, 0.15) is 11.5 Å². The first-order valence-corrected chi connectivity index (χ1v) is 9.47. The van der Waals surface area contributed by atoms with E-state index in [1.807, 2.05) is 13.0 Å². The molecule has 0 aliphatic heterocycles. The lowest BCUT2D eigenvalue weighted by Gasteiger charge is -2.18. The van der Waals surface area contributed by atoms with Crippen molar-refractivity contribution >= 4 is 23.9 Å². The van der Waals surface area contributed by atoms with E-state index in [1.54, 1.807) is 20.8 Å². The molecule has 1 aromatic carbocycles. The molecule has 0 fully saturated rings. The van der Waals surface area contributed by atoms with Gasteiger partial charge in [-0.1, -0.05) is 36.1 Å². The summed E-state index contributed by atoms with van der Waals surface area (Å²) < 4.78 is 0. The van der Waals surface area contributed by atoms with Crippen LogP contribution in [0.4, 0.5) is 0 Å². The van der Waals surface area contributed by atoms with Crippen LogP contribution in [0.2, 0.25) is 5.02 Å². The van der Waals surface area contributed by atoms with E-state index in [0.717, 1.165) is 31.3 Å². The number of carbonyl (C=O) groups excluding carboxylic acids is 1. The van der Waals surface area contributed by atoms with Crippen LogP contribution in [0.1, 0.15) is 74.4 Å². The van der Waals surface area contributed by atoms with Gasteiger partial charge in [-0.2, -0.15) is 0 Å². The van der Waals surface area contributed by atoms with Crippen LogP contribution in [-0.2, 0) is 11.2 Å². The SMILES string of the molecule is C/C(=C\Cc1c(O)c(Cl)c(C)c(C=O)c1O)CCCCCC(C)(C)C(=O)O. The largest absolute Gasteiger partial charge is 0.507 e. The van der Waals surface area contributed by atoms with Crippen molar-refractivity contribution in [3.63, 3.8) is 0 Å². The highest BCUT2D eigenvalue weighted by molar-refractivity contribution is 6.33. The Morgan fingerprint density at radius 2 is 1.78 bits per heavy atom. The molecule has 0 amide bonds. The van der Waals surface area contributed by atoms with Gasteiger partial charge in [-0.15, -0.1) is 0 Å². The summed E-state index contributed by atoms with van der Waals surface area (Å²) in [6.45, 7) is 7.01. The molecule has 5 nitrogen and oxygen atoms in total. The van der Waals surface area contributed by atoms with Crippen LogP contribution >= 0.6 is 11.6 Å². The molecule has 6 heteroatoms. The maximum atomic E-state index is 11.2. The monoisotopic (exact) mass is 396 g/mol. The van der Waals surface area contributed by atoms with E-state index in [9.17, 15) is 19.8 Å². The van der Waals surface area contributed by atoms with Crippen molar-refractivity contribution in [2.45, 2.75) is 66.2 Å². The first-order valence-electron chi connectivity index (χ1n) is 9.10. The molecule has 0 bridgehead atoms. The fourth-order valence-corrected chi connectivity index (χ4v) is 3.07. The molecule has 0 aromatic heterocycles. The van der Waals surface area contributed by atoms with Gasteiger partial charge in [0.15, 0.2) is 6.29 Å². The standard InChI is InChI=1S/C21H29ClO5/c1-13(8-6-5-7-11-21(3,4)20(26)27)9-10-15-18(24)16(12-23)14(2)17(22)19(15)25/h9,12,24-25H,5-8,10-11H2,1-4H3,(H,26,27)/b13-9+. The Labute approximate surface area is 165 Å². The van der Waals surface area contributed by atoms with Crippen LogP contribution in [0, 0.1) is 12.3 Å². The van der Waals surface area contributed by atoms with Crippen LogP contribution in [0.5, 0.6) is 11.5 Å². The van der Waals surface area contributed by atoms with E-state index in [1.165, 1.54) is 0 Å². The zero-order valence-electron chi connectivity index (χ0n) is 16.4. The molecule has 0 saturated carbocycles. The van der Waals surface area contributed by atoms with Gasteiger partial charge in [0, 0.05) is 5.56 Å². The zero-order chi connectivity index (χ0) is 20.8. The molecular weight excluding hydrogens is 368 g/mol. The number of aldehydes is 1. The summed E-state index contributed by atoms with van der Waals surface area (Å²) in [5, 5.41) is 29.6. The minimum absolute atomic E-state index is 0.0806. The second kappa shape index (κ2) is 9.79. The second-order valence-electron chi connectivity index (χ2n) is 7.65. The van der Waals surface area contributed by atoms with E-state index in [4.69, 9.17) is 16.7 Å². The molecular formula is C21H29ClO5. The first kappa shape index (κ1) is 23.0. The maximum absolute atomic E-state index is 11.2. The van der Waals surface area contributed by atoms with Gasteiger partial charge in [0.2, 0.25) is 0 Å². The molecule has 0 aliphatic carbocycles. The Bertz CT molecular complexity index is 735. The number of carboxylic acid groups (broad SMARTS) is 1. The molecule has 1 rings (SSSR count). The van der Waals surface area contributed by atoms with Gasteiger partial charge >= 0.3 is 5.97 Å². The summed E-state index contributed by atoms with van der Waals surface area (Å²) in [4.78, 5) is 22.2. The number of unbranched alkanes of at least 4 members (excludes halogenated alkanes) is 2. The Balaban J connectivity index is 2.64. The van der Waals surface area contributed by atoms with Gasteiger partial charge in [-0.3, -0.25) is 9.59 Å². The average molecular weight is 397 g/mol. The van der Waals surface area contributed by atoms with E-state index < -0.39 is 11.4 Å². The summed E-state index contributed by atoms with van der Waals surface area (Å²) in [6.07, 6.45) is 6.91. The number of allylic oxidation sites excluding steroid dienone is 2. The topological polar surface area (TPSA) is 94.8 Å². The predicted molar refractivity (Wildman–Crippen MR) is 107 cm³/mol. The fourth-order valence-electron chi connectivity index (χ4n) is 2.85. The van der Waals surface area contributed by atoms with Crippen LogP contribution in [0.3, 0.4) is 0 Å². The summed E-state index contributed by atoms with van der Waals surface area (Å²) in [5.41, 5.74) is 1.10. The predicted octanol–water partition coefficient (Wildman–Crippen LogP) is 5.42. The maximum Gasteiger partial charge on any atom is 0.309 e. The molecule has 0 aliphatic rings. The third-order valence-electron chi connectivity index (χ3n) is 4.99. The molecule has 0 radical (unpaired) electrons. The Hall–Kier alpha value is -2.01. The Morgan fingerprint density at radius 1 is 1.15 bits per heavy atom. The Morgan fingerprint density at radius 3 is 2.33 bits per heavy atom. The number of carbonyl (C=O) groups is 2. The van der Waals surface area contributed by atoms with Crippen LogP contribution in [0.15, 0.2) is 11.6 Å². The van der Waals surface area contributed by atoms with Crippen molar-refractivity contribution in [2.24, 2.45) is 5.41 Å². The summed E-state index contributed by atoms with van der Waals surface area (Å²) in [5.74, 6) is -1.20. The van der Waals surface area contributed by atoms with Crippen LogP contribution in [0.25, 0.3) is 0 Å². The van der Waals surface area contributed by atoms with E-state index in [-0.39, 0.29) is 34.1 Å². The smallest absolute Gasteiger partial charge is 0.309 e. The molecule has 3 N–H and O–H groups in total. The molecule has 1 aromatic rings. The highest BCUT2D eigenvalue weighted by Gasteiger charge is 2.25. The number of aromatic hydroxyl groups is 2. The number of rotatable bonds is 10. The highest BCUT2D eigenvalue weighted by Crippen LogP contribution is 2.40. The fraction of sp³-hybridized carbons (Fsp3) is 0.524. The third-order valence-corrected chi connectivity index (χ3v) is 5.45. The van der Waals surface area contributed by atoms with Crippen molar-refractivity contribution in [2.75, 3.05) is 0 Å². The molecule has 27 heavy (non-hydrogen) atoms. The quantitative estimate of drug-likeness (QED) is 0.279. The summed E-state index contributed by atoms with van der Waals surface area (Å²) >= 11 is 6.05. The minimum atomic E-state index is -0.773. The van der Waals surface area contributed by atoms with Gasteiger partial charge < -0.3 is 15.3 Å². The van der Waals surface area contributed by atoms with E-state index >= 15 is 0 Å². The lowest BCUT2D eigenvalue weighted by atomic mass is 9.87. The first-order chi connectivity index (χ1) is 12.5. The lowest BCUT2D eigenvalue weighted by molar-refractivity contribution is -0.147. The molecule has 0 spiro atoms. The zero-order valence-corrected chi connectivity index (χ0v) is 17.2. The van der Waals surface area contributed by atoms with Crippen molar-refractivity contribution < 1.29 is 24.9 Å². The third kappa shape index (κ3) is 5.99. The summed E-state index contributed by atoms with van der Waals surface area (Å²) in [6, 6.07) is 0. The van der Waals surface area contributed by atoms with Crippen LogP contribution in [-0.4, -0.2) is 27.6 Å². The Kier molecular flexibility index (Phi) is 8.35. The number of phenols is 2. The lowest BCUT2D eigenvalue weighted by Crippen LogP contribution is -2.23. The molecule has 150 valence electrons. The van der Waals surface area contributed by atoms with E-state index in [2.05, 4.69) is 0 Å². The normalized spacial score (nSPS) is 12.3. The van der Waals surface area contributed by atoms with Gasteiger partial charge in [0.05, 0.1) is 16.0 Å². The molecule has 0 unspecified atom stereocenters. The van der Waals surface area contributed by atoms with E-state index in [0.29, 0.717) is 18.3 Å². The van der Waals surface area contributed by atoms with Gasteiger partial charge in [-0.05, 0) is 58.9 Å². The van der Waals surface area contributed by atoms with Crippen molar-refractivity contribution in [3.8, 4) is 11.5 Å². The number of phenolic OH excluding ortho intramolecular Hbond substituents is 2. The van der Waals surface area contributed by atoms with Crippen molar-refractivity contribution in [1.29, 1.82) is 0 Å². The van der Waals surface area contributed by atoms with Gasteiger partial charge in [-0.25, -0.2) is 0 Å². The van der Waals surface area contributed by atoms with Crippen molar-refractivity contribution in [3.05, 3.63) is 33.4 Å². The number of halogens is 1. The van der Waals surface area contributed by atoms with Crippen LogP contribution < -0.4 is 0 Å². The number of aliphatic carboxylic acids is 1. The number of hydrogen-bond acceptors (Lipinski definition) is 4. The minimum Gasteiger partial charge on any atom is -0.507 e. The van der Waals surface area contributed by atoms with Crippen molar-refractivity contribution in [1.82, 2.24) is 0 Å². The molecule has 0 heterocycles. The molecule has 0 atom stereocenters.